The van der Waals surface area contributed by atoms with Crippen LogP contribution in [0.2, 0.25) is 0 Å². The molecule has 0 N–H and O–H groups in total. The molecule has 4 nitrogen and oxygen atoms in total. The van der Waals surface area contributed by atoms with Gasteiger partial charge in [-0.05, 0) is 12.1 Å². The van der Waals surface area contributed by atoms with E-state index in [1.54, 1.807) is 18.3 Å². The number of hydrogen-bond acceptors (Lipinski definition) is 4. The Morgan fingerprint density at radius 2 is 2.20 bits per heavy atom. The predicted octanol–water partition coefficient (Wildman–Crippen LogP) is 1.78. The Morgan fingerprint density at radius 3 is 2.67 bits per heavy atom. The molecule has 0 saturated carbocycles. The number of ether oxygens (including phenoxy) is 1. The summed E-state index contributed by atoms with van der Waals surface area (Å²) >= 11 is 2.95. The second-order valence-corrected chi connectivity index (χ2v) is 3.41. The van der Waals surface area contributed by atoms with E-state index in [0.29, 0.717) is 5.56 Å². The molecule has 1 aromatic rings. The summed E-state index contributed by atoms with van der Waals surface area (Å²) in [5, 5.41) is 0. The highest BCUT2D eigenvalue weighted by Gasteiger charge is 2.25. The zero-order chi connectivity index (χ0) is 10.6. The fourth-order valence-electron chi connectivity index (χ4n) is 0.865. The third kappa shape index (κ3) is 3.71. The fraction of sp³-hybridized carbons (Fsp3) is 0.222. The van der Waals surface area contributed by atoms with Gasteiger partial charge in [-0.1, -0.05) is 15.9 Å². The number of Topliss-reactive ketones (excluding diaryl/α,β-unsaturated/α-hetero) is 1. The van der Waals surface area contributed by atoms with Gasteiger partial charge in [0, 0.05) is 18.0 Å². The van der Waals surface area contributed by atoms with Crippen LogP contribution in [-0.2, 0) is 9.53 Å². The number of esters is 1. The Hall–Kier alpha value is -0.750. The lowest BCUT2D eigenvalue weighted by Crippen LogP contribution is -2.25. The number of halogens is 2. The van der Waals surface area contributed by atoms with Crippen molar-refractivity contribution in [1.82, 2.24) is 4.98 Å². The standard InChI is InChI=1S/C9H8BrNO3.BrH/c1-14-9(13)7(10)8(12)6-3-2-4-11-5-6;/h2-5,7H,1H3;1H. The maximum atomic E-state index is 11.6. The summed E-state index contributed by atoms with van der Waals surface area (Å²) in [7, 11) is 1.23. The van der Waals surface area contributed by atoms with Crippen LogP contribution in [0, 0.1) is 0 Å². The van der Waals surface area contributed by atoms with Gasteiger partial charge in [0.05, 0.1) is 7.11 Å². The fourth-order valence-corrected chi connectivity index (χ4v) is 1.32. The van der Waals surface area contributed by atoms with Gasteiger partial charge in [-0.15, -0.1) is 17.0 Å². The SMILES string of the molecule is Br.COC(=O)C(Br)C(=O)c1cccnc1. The number of ketones is 1. The van der Waals surface area contributed by atoms with Gasteiger partial charge in [0.15, 0.2) is 10.6 Å². The molecule has 0 radical (unpaired) electrons. The quantitative estimate of drug-likeness (QED) is 0.365. The van der Waals surface area contributed by atoms with Gasteiger partial charge in [-0.25, -0.2) is 0 Å². The summed E-state index contributed by atoms with van der Waals surface area (Å²) < 4.78 is 4.43. The molecule has 82 valence electrons. The van der Waals surface area contributed by atoms with Crippen LogP contribution in [0.4, 0.5) is 0 Å². The second-order valence-electron chi connectivity index (χ2n) is 2.49. The minimum Gasteiger partial charge on any atom is -0.468 e. The first-order valence-corrected chi connectivity index (χ1v) is 4.74. The molecule has 1 atom stereocenters. The summed E-state index contributed by atoms with van der Waals surface area (Å²) in [5.74, 6) is -0.969. The predicted molar refractivity (Wildman–Crippen MR) is 63.6 cm³/mol. The van der Waals surface area contributed by atoms with Crippen LogP contribution >= 0.6 is 32.9 Å². The molecule has 0 spiro atoms. The van der Waals surface area contributed by atoms with E-state index in [1.807, 2.05) is 0 Å². The van der Waals surface area contributed by atoms with Crippen LogP contribution in [0.15, 0.2) is 24.5 Å². The molecule has 6 heteroatoms. The van der Waals surface area contributed by atoms with Crippen LogP contribution in [-0.4, -0.2) is 28.7 Å². The van der Waals surface area contributed by atoms with Crippen LogP contribution < -0.4 is 0 Å². The Morgan fingerprint density at radius 1 is 1.53 bits per heavy atom. The number of carbonyl (C=O) groups is 2. The van der Waals surface area contributed by atoms with Gasteiger partial charge in [0.1, 0.15) is 0 Å². The summed E-state index contributed by atoms with van der Waals surface area (Å²) in [5.41, 5.74) is 0.375. The molecule has 1 unspecified atom stereocenters. The molecule has 0 amide bonds. The first-order valence-electron chi connectivity index (χ1n) is 3.83. The number of rotatable bonds is 3. The van der Waals surface area contributed by atoms with Crippen LogP contribution in [0.3, 0.4) is 0 Å². The monoisotopic (exact) mass is 337 g/mol. The summed E-state index contributed by atoms with van der Waals surface area (Å²) in [6.45, 7) is 0. The summed E-state index contributed by atoms with van der Waals surface area (Å²) in [4.78, 5) is 25.4. The number of alkyl halides is 1. The largest absolute Gasteiger partial charge is 0.468 e. The highest BCUT2D eigenvalue weighted by atomic mass is 79.9. The van der Waals surface area contributed by atoms with E-state index >= 15 is 0 Å². The van der Waals surface area contributed by atoms with Crippen molar-refractivity contribution in [3.8, 4) is 0 Å². The lowest BCUT2D eigenvalue weighted by Gasteiger charge is -2.05. The topological polar surface area (TPSA) is 56.3 Å². The first kappa shape index (κ1) is 14.2. The van der Waals surface area contributed by atoms with Crippen molar-refractivity contribution < 1.29 is 14.3 Å². The molecule has 1 rings (SSSR count). The summed E-state index contributed by atoms with van der Waals surface area (Å²) in [6.07, 6.45) is 2.96. The van der Waals surface area contributed by atoms with E-state index < -0.39 is 10.8 Å². The van der Waals surface area contributed by atoms with E-state index in [4.69, 9.17) is 0 Å². The maximum Gasteiger partial charge on any atom is 0.327 e. The zero-order valence-corrected chi connectivity index (χ0v) is 11.1. The van der Waals surface area contributed by atoms with Crippen molar-refractivity contribution in [3.05, 3.63) is 30.1 Å². The van der Waals surface area contributed by atoms with E-state index in [9.17, 15) is 9.59 Å². The number of carbonyl (C=O) groups excluding carboxylic acids is 2. The average molecular weight is 339 g/mol. The number of hydrogen-bond donors (Lipinski definition) is 0. The van der Waals surface area contributed by atoms with E-state index in [-0.39, 0.29) is 22.8 Å². The molecule has 0 saturated heterocycles. The molecular weight excluding hydrogens is 330 g/mol. The van der Waals surface area contributed by atoms with Crippen molar-refractivity contribution in [2.24, 2.45) is 0 Å². The smallest absolute Gasteiger partial charge is 0.327 e. The minimum atomic E-state index is -0.961. The van der Waals surface area contributed by atoms with Gasteiger partial charge < -0.3 is 4.74 Å². The lowest BCUT2D eigenvalue weighted by atomic mass is 10.1. The normalized spacial score (nSPS) is 11.1. The molecule has 0 aliphatic carbocycles. The highest BCUT2D eigenvalue weighted by Crippen LogP contribution is 2.10. The third-order valence-corrected chi connectivity index (χ3v) is 2.37. The molecule has 1 heterocycles. The van der Waals surface area contributed by atoms with E-state index in [1.165, 1.54) is 13.3 Å². The molecule has 0 fully saturated rings. The van der Waals surface area contributed by atoms with Gasteiger partial charge >= 0.3 is 5.97 Å². The van der Waals surface area contributed by atoms with Gasteiger partial charge in [0.2, 0.25) is 0 Å². The first-order chi connectivity index (χ1) is 6.66. The Bertz CT molecular complexity index is 342. The Balaban J connectivity index is 0.00000196. The van der Waals surface area contributed by atoms with Crippen molar-refractivity contribution >= 4 is 44.7 Å². The second kappa shape index (κ2) is 6.68. The van der Waals surface area contributed by atoms with Crippen LogP contribution in [0.25, 0.3) is 0 Å². The van der Waals surface area contributed by atoms with E-state index in [0.717, 1.165) is 0 Å². The van der Waals surface area contributed by atoms with E-state index in [2.05, 4.69) is 25.7 Å². The minimum absolute atomic E-state index is 0. The number of pyridine rings is 1. The summed E-state index contributed by atoms with van der Waals surface area (Å²) in [6, 6.07) is 3.22. The zero-order valence-electron chi connectivity index (χ0n) is 7.84. The van der Waals surface area contributed by atoms with Gasteiger partial charge in [-0.3, -0.25) is 14.6 Å². The van der Waals surface area contributed by atoms with Crippen molar-refractivity contribution in [3.63, 3.8) is 0 Å². The highest BCUT2D eigenvalue weighted by molar-refractivity contribution is 9.10. The molecule has 0 aliphatic rings. The Labute approximate surface area is 106 Å². The molecule has 1 aromatic heterocycles. The number of methoxy groups -OCH3 is 1. The molecule has 0 bridgehead atoms. The third-order valence-electron chi connectivity index (χ3n) is 1.58. The van der Waals surface area contributed by atoms with Crippen molar-refractivity contribution in [2.45, 2.75) is 4.83 Å². The van der Waals surface area contributed by atoms with Crippen molar-refractivity contribution in [1.29, 1.82) is 0 Å². The van der Waals surface area contributed by atoms with Crippen LogP contribution in [0.1, 0.15) is 10.4 Å². The lowest BCUT2D eigenvalue weighted by molar-refractivity contribution is -0.138. The van der Waals surface area contributed by atoms with Crippen molar-refractivity contribution in [2.75, 3.05) is 7.11 Å². The van der Waals surface area contributed by atoms with Crippen LogP contribution in [0.5, 0.6) is 0 Å². The number of aromatic nitrogens is 1. The van der Waals surface area contributed by atoms with Gasteiger partial charge in [-0.2, -0.15) is 0 Å². The maximum absolute atomic E-state index is 11.6. The molecule has 0 aromatic carbocycles. The molecule has 15 heavy (non-hydrogen) atoms. The average Bonchev–Trinajstić information content (AvgIpc) is 2.27. The van der Waals surface area contributed by atoms with Gasteiger partial charge in [0.25, 0.3) is 0 Å². The molecular formula is C9H9Br2NO3. The number of nitrogens with zero attached hydrogens (tertiary/aromatic N) is 1. The Kier molecular flexibility index (Phi) is 6.35. The molecule has 0 aliphatic heterocycles.